The molecule has 1 N–H and O–H groups in total. The Kier molecular flexibility index (Phi) is 15.1. The molecule has 0 fully saturated rings. The predicted octanol–water partition coefficient (Wildman–Crippen LogP) is 6.76. The molecule has 1 aromatic carbocycles. The summed E-state index contributed by atoms with van der Waals surface area (Å²) >= 11 is 0. The van der Waals surface area contributed by atoms with Crippen molar-refractivity contribution in [1.82, 2.24) is 4.31 Å². The molecule has 1 amide bonds. The fourth-order valence-corrected chi connectivity index (χ4v) is 5.20. The Hall–Kier alpha value is -1.60. The molecule has 0 radical (unpaired) electrons. The van der Waals surface area contributed by atoms with Gasteiger partial charge in [0, 0.05) is 20.5 Å². The van der Waals surface area contributed by atoms with Crippen molar-refractivity contribution < 1.29 is 17.9 Å². The van der Waals surface area contributed by atoms with Crippen molar-refractivity contribution in [1.29, 1.82) is 0 Å². The summed E-state index contributed by atoms with van der Waals surface area (Å²) in [6.45, 7) is 4.12. The Labute approximate surface area is 202 Å². The van der Waals surface area contributed by atoms with E-state index in [1.807, 2.05) is 0 Å². The lowest BCUT2D eigenvalue weighted by molar-refractivity contribution is -0.114. The lowest BCUT2D eigenvalue weighted by Crippen LogP contribution is -2.28. The number of hydrogen-bond acceptors (Lipinski definition) is 4. The number of methoxy groups -OCH3 is 1. The van der Waals surface area contributed by atoms with Crippen LogP contribution in [0.2, 0.25) is 0 Å². The topological polar surface area (TPSA) is 75.7 Å². The van der Waals surface area contributed by atoms with Crippen LogP contribution in [0.4, 0.5) is 5.69 Å². The Balaban J connectivity index is 2.25. The third-order valence-corrected chi connectivity index (χ3v) is 7.87. The third-order valence-electron chi connectivity index (χ3n) is 6.02. The maximum Gasteiger partial charge on any atom is 0.242 e. The van der Waals surface area contributed by atoms with Crippen LogP contribution in [0.5, 0.6) is 5.75 Å². The van der Waals surface area contributed by atoms with E-state index in [4.69, 9.17) is 4.74 Å². The zero-order chi connectivity index (χ0) is 24.5. The molecular formula is C26H46N2O4S. The van der Waals surface area contributed by atoms with E-state index < -0.39 is 10.0 Å². The minimum atomic E-state index is -3.61. The van der Waals surface area contributed by atoms with Gasteiger partial charge in [0.2, 0.25) is 15.9 Å². The van der Waals surface area contributed by atoms with E-state index >= 15 is 0 Å². The second-order valence-corrected chi connectivity index (χ2v) is 11.0. The summed E-state index contributed by atoms with van der Waals surface area (Å²) in [6.07, 6.45) is 17.8. The van der Waals surface area contributed by atoms with E-state index in [0.717, 1.165) is 19.3 Å². The summed E-state index contributed by atoms with van der Waals surface area (Å²) < 4.78 is 32.4. The van der Waals surface area contributed by atoms with Gasteiger partial charge in [-0.2, -0.15) is 0 Å². The molecule has 0 aromatic heterocycles. The number of benzene rings is 1. The first-order chi connectivity index (χ1) is 15.8. The SMILES string of the molecule is CCCCCCCCCCCCCCCCN(C)S(=O)(=O)c1ccc(OC)c(NC(C)=O)c1. The molecule has 0 atom stereocenters. The van der Waals surface area contributed by atoms with Crippen LogP contribution in [0.15, 0.2) is 23.1 Å². The second-order valence-electron chi connectivity index (χ2n) is 8.97. The molecule has 0 spiro atoms. The first-order valence-corrected chi connectivity index (χ1v) is 14.2. The highest BCUT2D eigenvalue weighted by atomic mass is 32.2. The van der Waals surface area contributed by atoms with Crippen LogP contribution in [0, 0.1) is 0 Å². The Bertz CT molecular complexity index is 780. The molecule has 1 aromatic rings. The van der Waals surface area contributed by atoms with Gasteiger partial charge in [-0.25, -0.2) is 12.7 Å². The van der Waals surface area contributed by atoms with Crippen molar-refractivity contribution in [2.75, 3.05) is 26.0 Å². The average molecular weight is 483 g/mol. The first kappa shape index (κ1) is 29.4. The highest BCUT2D eigenvalue weighted by Gasteiger charge is 2.22. The van der Waals surface area contributed by atoms with Crippen LogP contribution in [0.25, 0.3) is 0 Å². The minimum absolute atomic E-state index is 0.153. The van der Waals surface area contributed by atoms with E-state index in [1.54, 1.807) is 13.1 Å². The number of nitrogens with zero attached hydrogens (tertiary/aromatic N) is 1. The molecule has 33 heavy (non-hydrogen) atoms. The molecule has 0 saturated heterocycles. The van der Waals surface area contributed by atoms with Crippen molar-refractivity contribution in [2.24, 2.45) is 0 Å². The number of anilines is 1. The number of carbonyl (C=O) groups is 1. The summed E-state index contributed by atoms with van der Waals surface area (Å²) in [6, 6.07) is 4.54. The summed E-state index contributed by atoms with van der Waals surface area (Å²) in [4.78, 5) is 11.6. The predicted molar refractivity (Wildman–Crippen MR) is 137 cm³/mol. The fraction of sp³-hybridized carbons (Fsp3) is 0.731. The van der Waals surface area contributed by atoms with Gasteiger partial charge >= 0.3 is 0 Å². The fourth-order valence-electron chi connectivity index (χ4n) is 3.96. The minimum Gasteiger partial charge on any atom is -0.495 e. The zero-order valence-corrected chi connectivity index (χ0v) is 22.1. The third kappa shape index (κ3) is 11.9. The van der Waals surface area contributed by atoms with Crippen LogP contribution in [0.1, 0.15) is 104 Å². The molecule has 0 aliphatic heterocycles. The number of sulfonamides is 1. The molecule has 0 saturated carbocycles. The van der Waals surface area contributed by atoms with Crippen molar-refractivity contribution in [3.63, 3.8) is 0 Å². The Morgan fingerprint density at radius 1 is 0.879 bits per heavy atom. The maximum atomic E-state index is 12.9. The average Bonchev–Trinajstić information content (AvgIpc) is 2.78. The van der Waals surface area contributed by atoms with Gasteiger partial charge in [-0.15, -0.1) is 0 Å². The monoisotopic (exact) mass is 482 g/mol. The largest absolute Gasteiger partial charge is 0.495 e. The van der Waals surface area contributed by atoms with E-state index in [2.05, 4.69) is 12.2 Å². The molecule has 7 heteroatoms. The molecule has 6 nitrogen and oxygen atoms in total. The smallest absolute Gasteiger partial charge is 0.242 e. The molecule has 0 bridgehead atoms. The lowest BCUT2D eigenvalue weighted by Gasteiger charge is -2.18. The van der Waals surface area contributed by atoms with Gasteiger partial charge in [-0.3, -0.25) is 4.79 Å². The molecule has 0 unspecified atom stereocenters. The van der Waals surface area contributed by atoms with Crippen LogP contribution in [-0.4, -0.2) is 39.3 Å². The first-order valence-electron chi connectivity index (χ1n) is 12.7. The van der Waals surface area contributed by atoms with E-state index in [0.29, 0.717) is 18.0 Å². The molecular weight excluding hydrogens is 436 g/mol. The zero-order valence-electron chi connectivity index (χ0n) is 21.3. The quantitative estimate of drug-likeness (QED) is 0.221. The number of amides is 1. The van der Waals surface area contributed by atoms with Crippen molar-refractivity contribution in [2.45, 2.75) is 109 Å². The number of rotatable bonds is 19. The Morgan fingerprint density at radius 2 is 1.36 bits per heavy atom. The molecule has 0 aliphatic carbocycles. The van der Waals surface area contributed by atoms with Gasteiger partial charge in [0.15, 0.2) is 0 Å². The van der Waals surface area contributed by atoms with E-state index in [9.17, 15) is 13.2 Å². The van der Waals surface area contributed by atoms with Gasteiger partial charge in [-0.05, 0) is 24.6 Å². The number of carbonyl (C=O) groups excluding carboxylic acids is 1. The molecule has 1 rings (SSSR count). The van der Waals surface area contributed by atoms with Crippen molar-refractivity contribution in [3.05, 3.63) is 18.2 Å². The van der Waals surface area contributed by atoms with Gasteiger partial charge in [0.25, 0.3) is 0 Å². The number of unbranched alkanes of at least 4 members (excludes halogenated alkanes) is 13. The summed E-state index contributed by atoms with van der Waals surface area (Å²) in [7, 11) is -0.520. The second kappa shape index (κ2) is 16.9. The van der Waals surface area contributed by atoms with Gasteiger partial charge < -0.3 is 10.1 Å². The number of hydrogen-bond donors (Lipinski definition) is 1. The van der Waals surface area contributed by atoms with E-state index in [1.165, 1.54) is 101 Å². The van der Waals surface area contributed by atoms with Crippen molar-refractivity contribution in [3.8, 4) is 5.75 Å². The van der Waals surface area contributed by atoms with Gasteiger partial charge in [0.1, 0.15) is 5.75 Å². The van der Waals surface area contributed by atoms with Crippen molar-refractivity contribution >= 4 is 21.6 Å². The van der Waals surface area contributed by atoms with Crippen LogP contribution >= 0.6 is 0 Å². The molecule has 190 valence electrons. The standard InChI is InChI=1S/C26H46N2O4S/c1-5-6-7-8-9-10-11-12-13-14-15-16-17-18-21-28(3)33(30,31)24-19-20-26(32-4)25(22-24)27-23(2)29/h19-20,22H,5-18,21H2,1-4H3,(H,27,29). The lowest BCUT2D eigenvalue weighted by atomic mass is 10.0. The molecule has 0 heterocycles. The van der Waals surface area contributed by atoms with Crippen LogP contribution < -0.4 is 10.1 Å². The highest BCUT2D eigenvalue weighted by molar-refractivity contribution is 7.89. The van der Waals surface area contributed by atoms with Gasteiger partial charge in [0.05, 0.1) is 17.7 Å². The number of ether oxygens (including phenoxy) is 1. The summed E-state index contributed by atoms with van der Waals surface area (Å²) in [5.41, 5.74) is 0.357. The summed E-state index contributed by atoms with van der Waals surface area (Å²) in [5.74, 6) is 0.150. The van der Waals surface area contributed by atoms with Crippen LogP contribution in [-0.2, 0) is 14.8 Å². The maximum absolute atomic E-state index is 12.9. The normalized spacial score (nSPS) is 11.7. The van der Waals surface area contributed by atoms with Crippen LogP contribution in [0.3, 0.4) is 0 Å². The Morgan fingerprint density at radius 3 is 1.82 bits per heavy atom. The summed E-state index contributed by atoms with van der Waals surface area (Å²) in [5, 5.41) is 2.63. The van der Waals surface area contributed by atoms with E-state index in [-0.39, 0.29) is 10.8 Å². The number of nitrogens with one attached hydrogen (secondary N) is 1. The molecule has 0 aliphatic rings. The van der Waals surface area contributed by atoms with Gasteiger partial charge in [-0.1, -0.05) is 90.4 Å². The highest BCUT2D eigenvalue weighted by Crippen LogP contribution is 2.28.